The number of esters is 1. The average Bonchev–Trinajstić information content (AvgIpc) is 3.57. The first-order valence-electron chi connectivity index (χ1n) is 11.5. The molecule has 6 rings (SSSR count). The van der Waals surface area contributed by atoms with E-state index in [9.17, 15) is 9.90 Å². The van der Waals surface area contributed by atoms with Gasteiger partial charge in [0.25, 0.3) is 5.79 Å². The number of carbonyl (C=O) groups excluding carboxylic acids is 1. The summed E-state index contributed by atoms with van der Waals surface area (Å²) in [6.07, 6.45) is 1.92. The number of ether oxygens (including phenoxy) is 2. The van der Waals surface area contributed by atoms with Gasteiger partial charge >= 0.3 is 5.97 Å². The summed E-state index contributed by atoms with van der Waals surface area (Å²) >= 11 is 1.11. The minimum atomic E-state index is -1.95. The van der Waals surface area contributed by atoms with Crippen molar-refractivity contribution >= 4 is 45.3 Å². The van der Waals surface area contributed by atoms with Gasteiger partial charge in [0.1, 0.15) is 16.8 Å². The normalized spacial score (nSPS) is 17.9. The Morgan fingerprint density at radius 2 is 1.83 bits per heavy atom. The van der Waals surface area contributed by atoms with Crippen LogP contribution in [-0.4, -0.2) is 35.9 Å². The van der Waals surface area contributed by atoms with Gasteiger partial charge in [0.2, 0.25) is 0 Å². The third kappa shape index (κ3) is 3.82. The Morgan fingerprint density at radius 3 is 2.64 bits per heavy atom. The fourth-order valence-electron chi connectivity index (χ4n) is 4.53. The minimum Gasteiger partial charge on any atom is -0.491 e. The third-order valence-corrected chi connectivity index (χ3v) is 6.74. The number of cyclic esters (lactones) is 1. The first-order chi connectivity index (χ1) is 17.4. The van der Waals surface area contributed by atoms with Crippen LogP contribution in [0.1, 0.15) is 30.5 Å². The molecule has 0 aliphatic carbocycles. The Morgan fingerprint density at radius 1 is 1.03 bits per heavy atom. The van der Waals surface area contributed by atoms with Gasteiger partial charge in [0.15, 0.2) is 0 Å². The first-order valence-corrected chi connectivity index (χ1v) is 12.2. The topological polar surface area (TPSA) is 110 Å². The molecule has 1 unspecified atom stereocenters. The number of aromatic nitrogens is 4. The predicted octanol–water partition coefficient (Wildman–Crippen LogP) is 4.75. The highest BCUT2D eigenvalue weighted by molar-refractivity contribution is 7.00. The van der Waals surface area contributed by atoms with Crippen molar-refractivity contribution in [1.29, 1.82) is 0 Å². The van der Waals surface area contributed by atoms with Crippen molar-refractivity contribution in [3.63, 3.8) is 0 Å². The highest BCUT2D eigenvalue weighted by atomic mass is 32.1. The molecule has 1 aliphatic heterocycles. The van der Waals surface area contributed by atoms with E-state index < -0.39 is 11.8 Å². The quantitative estimate of drug-likeness (QED) is 0.325. The number of H-pyrrole nitrogens is 1. The SMILES string of the molecule is CC(C)Oc1ccc(C2(O)OC(=O)C(c3ccc4nsnc4c3)=C2Cc2ccc3[nH]cnc3c2)cc1. The lowest BCUT2D eigenvalue weighted by molar-refractivity contribution is -0.185. The van der Waals surface area contributed by atoms with E-state index in [1.54, 1.807) is 36.7 Å². The Balaban J connectivity index is 1.49. The number of aromatic amines is 1. The van der Waals surface area contributed by atoms with Gasteiger partial charge in [-0.1, -0.05) is 12.1 Å². The fraction of sp³-hybridized carbons (Fsp3) is 0.185. The molecule has 0 amide bonds. The maximum atomic E-state index is 13.3. The minimum absolute atomic E-state index is 0.0115. The summed E-state index contributed by atoms with van der Waals surface area (Å²) in [5.41, 5.74) is 5.84. The first kappa shape index (κ1) is 22.4. The molecule has 0 spiro atoms. The fourth-order valence-corrected chi connectivity index (χ4v) is 5.05. The molecule has 2 aromatic heterocycles. The lowest BCUT2D eigenvalue weighted by Crippen LogP contribution is -2.29. The largest absolute Gasteiger partial charge is 0.491 e. The molecule has 0 fully saturated rings. The highest BCUT2D eigenvalue weighted by Gasteiger charge is 2.48. The summed E-state index contributed by atoms with van der Waals surface area (Å²) in [6.45, 7) is 3.89. The molecule has 3 aromatic carbocycles. The molecular formula is C27H22N4O4S. The average molecular weight is 499 g/mol. The molecule has 1 aliphatic rings. The number of aliphatic hydroxyl groups is 1. The number of imidazole rings is 1. The van der Waals surface area contributed by atoms with Crippen LogP contribution in [0.4, 0.5) is 0 Å². The molecule has 1 atom stereocenters. The van der Waals surface area contributed by atoms with Crippen LogP contribution in [0.25, 0.3) is 27.6 Å². The van der Waals surface area contributed by atoms with E-state index in [4.69, 9.17) is 9.47 Å². The molecule has 9 heteroatoms. The summed E-state index contributed by atoms with van der Waals surface area (Å²) in [7, 11) is 0. The number of nitrogens with one attached hydrogen (secondary N) is 1. The van der Waals surface area contributed by atoms with Crippen molar-refractivity contribution in [1.82, 2.24) is 18.7 Å². The summed E-state index contributed by atoms with van der Waals surface area (Å²) < 4.78 is 20.0. The highest BCUT2D eigenvalue weighted by Crippen LogP contribution is 2.45. The van der Waals surface area contributed by atoms with E-state index in [0.29, 0.717) is 33.5 Å². The summed E-state index contributed by atoms with van der Waals surface area (Å²) in [5, 5.41) is 11.9. The van der Waals surface area contributed by atoms with Gasteiger partial charge in [-0.05, 0) is 73.5 Å². The monoisotopic (exact) mass is 498 g/mol. The van der Waals surface area contributed by atoms with Gasteiger partial charge in [0.05, 0.1) is 40.8 Å². The lowest BCUT2D eigenvalue weighted by atomic mass is 9.88. The standard InChI is InChI=1S/C27H22N4O4S/c1-15(2)34-19-7-5-18(6-8-19)27(33)20(11-16-3-9-21-23(12-16)29-14-28-21)25(26(32)35-27)17-4-10-22-24(13-17)31-36-30-22/h3-10,12-15,33H,11H2,1-2H3,(H,28,29). The number of benzene rings is 3. The zero-order valence-corrected chi connectivity index (χ0v) is 20.4. The maximum Gasteiger partial charge on any atom is 0.342 e. The summed E-state index contributed by atoms with van der Waals surface area (Å²) in [5.74, 6) is -1.88. The molecular weight excluding hydrogens is 476 g/mol. The van der Waals surface area contributed by atoms with Gasteiger partial charge in [-0.25, -0.2) is 9.78 Å². The number of rotatable bonds is 6. The van der Waals surface area contributed by atoms with Gasteiger partial charge in [-0.3, -0.25) is 0 Å². The van der Waals surface area contributed by atoms with E-state index in [2.05, 4.69) is 18.7 Å². The molecule has 2 N–H and O–H groups in total. The predicted molar refractivity (Wildman–Crippen MR) is 136 cm³/mol. The van der Waals surface area contributed by atoms with Gasteiger partial charge < -0.3 is 19.6 Å². The van der Waals surface area contributed by atoms with Crippen molar-refractivity contribution < 1.29 is 19.4 Å². The smallest absolute Gasteiger partial charge is 0.342 e. The van der Waals surface area contributed by atoms with Crippen LogP contribution in [0.2, 0.25) is 0 Å². The Bertz CT molecular complexity index is 1640. The molecule has 36 heavy (non-hydrogen) atoms. The third-order valence-electron chi connectivity index (χ3n) is 6.18. The molecule has 0 bridgehead atoms. The number of nitrogens with zero attached hydrogens (tertiary/aromatic N) is 3. The molecule has 0 radical (unpaired) electrons. The molecule has 3 heterocycles. The second-order valence-corrected chi connectivity index (χ2v) is 9.51. The van der Waals surface area contributed by atoms with Crippen molar-refractivity contribution in [2.24, 2.45) is 0 Å². The number of hydrogen-bond donors (Lipinski definition) is 2. The Labute approximate surface area is 210 Å². The molecule has 8 nitrogen and oxygen atoms in total. The number of hydrogen-bond acceptors (Lipinski definition) is 8. The van der Waals surface area contributed by atoms with Gasteiger partial charge in [-0.15, -0.1) is 0 Å². The maximum absolute atomic E-state index is 13.3. The molecule has 5 aromatic rings. The molecule has 180 valence electrons. The number of fused-ring (bicyclic) bond motifs is 2. The van der Waals surface area contributed by atoms with Crippen LogP contribution in [0.15, 0.2) is 72.6 Å². The lowest BCUT2D eigenvalue weighted by Gasteiger charge is -2.26. The van der Waals surface area contributed by atoms with Crippen molar-refractivity contribution in [3.8, 4) is 5.75 Å². The van der Waals surface area contributed by atoms with Crippen LogP contribution in [0, 0.1) is 0 Å². The zero-order valence-electron chi connectivity index (χ0n) is 19.6. The van der Waals surface area contributed by atoms with Crippen molar-refractivity contribution in [2.75, 3.05) is 0 Å². The number of carbonyl (C=O) groups is 1. The van der Waals surface area contributed by atoms with E-state index >= 15 is 0 Å². The summed E-state index contributed by atoms with van der Waals surface area (Å²) in [6, 6.07) is 18.2. The summed E-state index contributed by atoms with van der Waals surface area (Å²) in [4.78, 5) is 20.7. The van der Waals surface area contributed by atoms with Crippen LogP contribution in [0.3, 0.4) is 0 Å². The van der Waals surface area contributed by atoms with E-state index in [1.807, 2.05) is 44.2 Å². The Kier molecular flexibility index (Phi) is 5.31. The van der Waals surface area contributed by atoms with Gasteiger partial charge in [-0.2, -0.15) is 8.75 Å². The van der Waals surface area contributed by atoms with E-state index in [-0.39, 0.29) is 12.5 Å². The molecule has 0 saturated heterocycles. The van der Waals surface area contributed by atoms with E-state index in [1.165, 1.54) is 0 Å². The second-order valence-electron chi connectivity index (χ2n) is 8.98. The van der Waals surface area contributed by atoms with E-state index in [0.717, 1.165) is 33.8 Å². The Hall–Kier alpha value is -4.08. The van der Waals surface area contributed by atoms with Gasteiger partial charge in [0, 0.05) is 17.6 Å². The zero-order chi connectivity index (χ0) is 24.9. The molecule has 0 saturated carbocycles. The van der Waals surface area contributed by atoms with Crippen LogP contribution in [-0.2, 0) is 21.7 Å². The van der Waals surface area contributed by atoms with Crippen LogP contribution in [0.5, 0.6) is 5.75 Å². The van der Waals surface area contributed by atoms with Crippen molar-refractivity contribution in [3.05, 3.63) is 89.3 Å². The van der Waals surface area contributed by atoms with Crippen LogP contribution < -0.4 is 4.74 Å². The van der Waals surface area contributed by atoms with Crippen LogP contribution >= 0.6 is 11.7 Å². The second kappa shape index (κ2) is 8.54. The van der Waals surface area contributed by atoms with Crippen molar-refractivity contribution in [2.45, 2.75) is 32.2 Å².